The number of hydrogen-bond donors (Lipinski definition) is 0. The van der Waals surface area contributed by atoms with E-state index in [1.54, 1.807) is 0 Å². The van der Waals surface area contributed by atoms with Crippen LogP contribution < -0.4 is 4.90 Å². The van der Waals surface area contributed by atoms with Gasteiger partial charge in [0.25, 0.3) is 0 Å². The molecule has 4 heteroatoms. The summed E-state index contributed by atoms with van der Waals surface area (Å²) in [5.74, 6) is 0.831. The maximum atomic E-state index is 6.43. The first-order chi connectivity index (χ1) is 23.7. The number of furan rings is 1. The molecule has 0 aliphatic rings. The smallest absolute Gasteiger partial charge is 0.154 e. The first kappa shape index (κ1) is 26.7. The second-order valence-corrected chi connectivity index (χ2v) is 12.3. The maximum Gasteiger partial charge on any atom is 0.154 e. The Bertz CT molecular complexity index is 2850. The fourth-order valence-electron chi connectivity index (χ4n) is 7.01. The highest BCUT2D eigenvalue weighted by Gasteiger charge is 2.18. The standard InChI is InChI=1S/C44H27N3O/c1-2-10-34-27-45-43(25-31(34)8-1)47(36-21-22-38-41(26-36)48-42-24-33-9-4-6-12-40(33)46-44(38)42)35-19-17-28(18-20-35)32-16-15-30-14-13-29-7-3-5-11-37(29)39(30)23-32/h1-27H. The highest BCUT2D eigenvalue weighted by molar-refractivity contribution is 6.09. The molecule has 3 heterocycles. The fraction of sp³-hybridized carbons (Fsp3) is 0. The van der Waals surface area contributed by atoms with Crippen molar-refractivity contribution in [2.24, 2.45) is 0 Å². The van der Waals surface area contributed by atoms with E-state index in [-0.39, 0.29) is 0 Å². The van der Waals surface area contributed by atoms with Gasteiger partial charge in [0, 0.05) is 34.1 Å². The minimum atomic E-state index is 0.781. The van der Waals surface area contributed by atoms with E-state index in [0.717, 1.165) is 66.5 Å². The van der Waals surface area contributed by atoms with E-state index in [9.17, 15) is 0 Å². The molecule has 0 unspecified atom stereocenters. The number of pyridine rings is 2. The Morgan fingerprint density at radius 2 is 1.12 bits per heavy atom. The first-order valence-electron chi connectivity index (χ1n) is 16.1. The fourth-order valence-corrected chi connectivity index (χ4v) is 7.01. The van der Waals surface area contributed by atoms with Crippen molar-refractivity contribution < 1.29 is 4.42 Å². The Labute approximate surface area is 276 Å². The Morgan fingerprint density at radius 1 is 0.438 bits per heavy atom. The molecule has 0 saturated carbocycles. The van der Waals surface area contributed by atoms with Crippen molar-refractivity contribution in [3.8, 4) is 11.1 Å². The summed E-state index contributed by atoms with van der Waals surface area (Å²) in [7, 11) is 0. The Morgan fingerprint density at radius 3 is 2.00 bits per heavy atom. The van der Waals surface area contributed by atoms with Gasteiger partial charge in [-0.3, -0.25) is 4.90 Å². The number of anilines is 3. The monoisotopic (exact) mass is 613 g/mol. The predicted octanol–water partition coefficient (Wildman–Crippen LogP) is 12.1. The van der Waals surface area contributed by atoms with Gasteiger partial charge in [0.15, 0.2) is 5.58 Å². The summed E-state index contributed by atoms with van der Waals surface area (Å²) in [5.41, 5.74) is 7.71. The van der Waals surface area contributed by atoms with Crippen LogP contribution >= 0.6 is 0 Å². The van der Waals surface area contributed by atoms with Crippen molar-refractivity contribution in [2.75, 3.05) is 4.90 Å². The van der Waals surface area contributed by atoms with Gasteiger partial charge in [-0.05, 0) is 86.6 Å². The van der Waals surface area contributed by atoms with Crippen LogP contribution in [-0.4, -0.2) is 9.97 Å². The predicted molar refractivity (Wildman–Crippen MR) is 199 cm³/mol. The maximum absolute atomic E-state index is 6.43. The minimum Gasteiger partial charge on any atom is -0.454 e. The molecule has 48 heavy (non-hydrogen) atoms. The van der Waals surface area contributed by atoms with Crippen molar-refractivity contribution in [2.45, 2.75) is 0 Å². The van der Waals surface area contributed by atoms with Gasteiger partial charge in [0.05, 0.1) is 11.2 Å². The Balaban J connectivity index is 1.11. The molecule has 0 amide bonds. The summed E-state index contributed by atoms with van der Waals surface area (Å²) in [6, 6.07) is 55.5. The second kappa shape index (κ2) is 10.5. The van der Waals surface area contributed by atoms with Crippen molar-refractivity contribution in [3.05, 3.63) is 164 Å². The number of nitrogens with zero attached hydrogens (tertiary/aromatic N) is 3. The quantitative estimate of drug-likeness (QED) is 0.185. The molecule has 0 atom stereocenters. The average molecular weight is 614 g/mol. The highest BCUT2D eigenvalue weighted by atomic mass is 16.3. The van der Waals surface area contributed by atoms with Crippen molar-refractivity contribution in [1.82, 2.24) is 9.97 Å². The van der Waals surface area contributed by atoms with Gasteiger partial charge in [-0.25, -0.2) is 9.97 Å². The van der Waals surface area contributed by atoms with Gasteiger partial charge in [0.2, 0.25) is 0 Å². The van der Waals surface area contributed by atoms with Gasteiger partial charge < -0.3 is 4.42 Å². The van der Waals surface area contributed by atoms with Crippen LogP contribution in [0.3, 0.4) is 0 Å². The largest absolute Gasteiger partial charge is 0.454 e. The SMILES string of the molecule is c1ccc2cc(N(c3ccc(-c4ccc5ccc6ccccc6c5c4)cc3)c3ccc4c(c3)oc3cc5ccccc5nc34)ncc2c1. The van der Waals surface area contributed by atoms with Crippen LogP contribution in [0.25, 0.3) is 76.4 Å². The summed E-state index contributed by atoms with van der Waals surface area (Å²) in [6.45, 7) is 0. The van der Waals surface area contributed by atoms with E-state index in [0.29, 0.717) is 0 Å². The molecular weight excluding hydrogens is 587 g/mol. The third-order valence-corrected chi connectivity index (χ3v) is 9.44. The van der Waals surface area contributed by atoms with Crippen LogP contribution in [0.1, 0.15) is 0 Å². The molecule has 10 rings (SSSR count). The molecular formula is C44H27N3O. The van der Waals surface area contributed by atoms with Crippen LogP contribution in [0.2, 0.25) is 0 Å². The van der Waals surface area contributed by atoms with E-state index in [1.807, 2.05) is 30.5 Å². The minimum absolute atomic E-state index is 0.781. The Kier molecular flexibility index (Phi) is 5.84. The van der Waals surface area contributed by atoms with Gasteiger partial charge >= 0.3 is 0 Å². The van der Waals surface area contributed by atoms with Crippen LogP contribution in [0.5, 0.6) is 0 Å². The molecule has 7 aromatic carbocycles. The molecule has 0 aliphatic carbocycles. The number of hydrogen-bond acceptors (Lipinski definition) is 4. The molecule has 0 N–H and O–H groups in total. The number of aromatic nitrogens is 2. The molecule has 0 fully saturated rings. The number of fused-ring (bicyclic) bond motifs is 8. The van der Waals surface area contributed by atoms with E-state index in [2.05, 4.69) is 138 Å². The molecule has 10 aromatic rings. The zero-order chi connectivity index (χ0) is 31.6. The lowest BCUT2D eigenvalue weighted by atomic mass is 9.97. The zero-order valence-electron chi connectivity index (χ0n) is 25.8. The molecule has 224 valence electrons. The topological polar surface area (TPSA) is 42.2 Å². The van der Waals surface area contributed by atoms with Gasteiger partial charge in [-0.15, -0.1) is 0 Å². The zero-order valence-corrected chi connectivity index (χ0v) is 25.8. The molecule has 0 aliphatic heterocycles. The molecule has 3 aromatic heterocycles. The lowest BCUT2D eigenvalue weighted by molar-refractivity contribution is 0.669. The van der Waals surface area contributed by atoms with Gasteiger partial charge in [-0.2, -0.15) is 0 Å². The molecule has 0 saturated heterocycles. The lowest BCUT2D eigenvalue weighted by Gasteiger charge is -2.25. The summed E-state index contributed by atoms with van der Waals surface area (Å²) in [6.07, 6.45) is 1.95. The lowest BCUT2D eigenvalue weighted by Crippen LogP contribution is -2.11. The van der Waals surface area contributed by atoms with Crippen LogP contribution in [0.15, 0.2) is 168 Å². The van der Waals surface area contributed by atoms with Crippen LogP contribution in [0, 0.1) is 0 Å². The summed E-state index contributed by atoms with van der Waals surface area (Å²) >= 11 is 0. The Hall–Kier alpha value is -6.52. The normalized spacial score (nSPS) is 11.8. The summed E-state index contributed by atoms with van der Waals surface area (Å²) in [4.78, 5) is 12.1. The number of para-hydroxylation sites is 1. The van der Waals surface area contributed by atoms with E-state index in [4.69, 9.17) is 14.4 Å². The van der Waals surface area contributed by atoms with Crippen LogP contribution in [0.4, 0.5) is 17.2 Å². The molecule has 0 spiro atoms. The highest BCUT2D eigenvalue weighted by Crippen LogP contribution is 2.39. The van der Waals surface area contributed by atoms with Gasteiger partial charge in [-0.1, -0.05) is 103 Å². The average Bonchev–Trinajstić information content (AvgIpc) is 3.50. The van der Waals surface area contributed by atoms with E-state index >= 15 is 0 Å². The number of benzene rings is 7. The molecule has 4 nitrogen and oxygen atoms in total. The number of rotatable bonds is 4. The van der Waals surface area contributed by atoms with E-state index < -0.39 is 0 Å². The van der Waals surface area contributed by atoms with Crippen LogP contribution in [-0.2, 0) is 0 Å². The van der Waals surface area contributed by atoms with Crippen molar-refractivity contribution in [1.29, 1.82) is 0 Å². The summed E-state index contributed by atoms with van der Waals surface area (Å²) in [5, 5.41) is 9.31. The second-order valence-electron chi connectivity index (χ2n) is 12.3. The third kappa shape index (κ3) is 4.31. The third-order valence-electron chi connectivity index (χ3n) is 9.44. The molecule has 0 bridgehead atoms. The summed E-state index contributed by atoms with van der Waals surface area (Å²) < 4.78 is 6.43. The molecule has 0 radical (unpaired) electrons. The van der Waals surface area contributed by atoms with Gasteiger partial charge in [0.1, 0.15) is 16.9 Å². The van der Waals surface area contributed by atoms with E-state index in [1.165, 1.54) is 27.1 Å². The first-order valence-corrected chi connectivity index (χ1v) is 16.1. The van der Waals surface area contributed by atoms with Crippen molar-refractivity contribution in [3.63, 3.8) is 0 Å². The van der Waals surface area contributed by atoms with Crippen molar-refractivity contribution >= 4 is 82.5 Å².